The van der Waals surface area contributed by atoms with Gasteiger partial charge in [-0.25, -0.2) is 4.39 Å². The number of fused-ring (bicyclic) bond motifs is 2. The zero-order chi connectivity index (χ0) is 12.5. The molecule has 0 saturated carbocycles. The Kier molecular flexibility index (Phi) is 3.44. The van der Waals surface area contributed by atoms with Crippen molar-refractivity contribution in [3.8, 4) is 5.75 Å². The zero-order valence-electron chi connectivity index (χ0n) is 10.2. The molecular weight excluding hydrogens is 253 g/mol. The fourth-order valence-corrected chi connectivity index (χ4v) is 3.17. The van der Waals surface area contributed by atoms with Crippen LogP contribution in [0.5, 0.6) is 5.75 Å². The maximum absolute atomic E-state index is 13.3. The largest absolute Gasteiger partial charge is 0.490 e. The zero-order valence-corrected chi connectivity index (χ0v) is 10.9. The molecule has 2 saturated heterocycles. The van der Waals surface area contributed by atoms with Crippen LogP contribution in [0.3, 0.4) is 0 Å². The molecule has 1 N–H and O–H groups in total. The molecular formula is C14H17ClFNO. The van der Waals surface area contributed by atoms with Crippen molar-refractivity contribution < 1.29 is 9.13 Å². The summed E-state index contributed by atoms with van der Waals surface area (Å²) in [6.45, 7) is 0. The van der Waals surface area contributed by atoms with Gasteiger partial charge in [0.05, 0.1) is 5.02 Å². The van der Waals surface area contributed by atoms with Crippen LogP contribution in [0.25, 0.3) is 0 Å². The molecule has 0 aliphatic carbocycles. The Bertz CT molecular complexity index is 428. The molecule has 18 heavy (non-hydrogen) atoms. The second-order valence-corrected chi connectivity index (χ2v) is 5.69. The smallest absolute Gasteiger partial charge is 0.145 e. The van der Waals surface area contributed by atoms with E-state index in [0.29, 0.717) is 17.8 Å². The summed E-state index contributed by atoms with van der Waals surface area (Å²) in [6.07, 6.45) is 5.99. The molecule has 0 aromatic heterocycles. The van der Waals surface area contributed by atoms with E-state index in [1.54, 1.807) is 12.1 Å². The minimum Gasteiger partial charge on any atom is -0.490 e. The van der Waals surface area contributed by atoms with Gasteiger partial charge in [0.2, 0.25) is 0 Å². The highest BCUT2D eigenvalue weighted by Crippen LogP contribution is 2.29. The molecule has 0 spiro atoms. The number of hydrogen-bond donors (Lipinski definition) is 1. The topological polar surface area (TPSA) is 21.3 Å². The number of benzene rings is 1. The molecule has 2 aliphatic heterocycles. The van der Waals surface area contributed by atoms with Gasteiger partial charge in [0, 0.05) is 18.2 Å². The summed E-state index contributed by atoms with van der Waals surface area (Å²) in [4.78, 5) is 0. The number of hydrogen-bond acceptors (Lipinski definition) is 2. The predicted octanol–water partition coefficient (Wildman–Crippen LogP) is 3.53. The van der Waals surface area contributed by atoms with Crippen LogP contribution in [-0.2, 0) is 0 Å². The SMILES string of the molecule is Fc1cc(OC2C[C@H]3CCC[C@@H](C2)N3)ccc1Cl. The molecule has 2 nitrogen and oxygen atoms in total. The normalized spacial score (nSPS) is 31.1. The van der Waals surface area contributed by atoms with Gasteiger partial charge in [0.15, 0.2) is 0 Å². The summed E-state index contributed by atoms with van der Waals surface area (Å²) in [5.41, 5.74) is 0. The van der Waals surface area contributed by atoms with E-state index in [2.05, 4.69) is 5.32 Å². The first-order chi connectivity index (χ1) is 8.70. The maximum Gasteiger partial charge on any atom is 0.145 e. The van der Waals surface area contributed by atoms with Crippen LogP contribution >= 0.6 is 11.6 Å². The number of piperidine rings is 2. The van der Waals surface area contributed by atoms with Crippen LogP contribution in [0, 0.1) is 5.82 Å². The van der Waals surface area contributed by atoms with Gasteiger partial charge in [-0.1, -0.05) is 18.0 Å². The molecule has 1 unspecified atom stereocenters. The Morgan fingerprint density at radius 2 is 1.94 bits per heavy atom. The van der Waals surface area contributed by atoms with Gasteiger partial charge in [-0.2, -0.15) is 0 Å². The molecule has 2 bridgehead atoms. The minimum atomic E-state index is -0.414. The lowest BCUT2D eigenvalue weighted by atomic mass is 9.85. The Morgan fingerprint density at radius 1 is 1.22 bits per heavy atom. The van der Waals surface area contributed by atoms with Crippen LogP contribution in [0.4, 0.5) is 4.39 Å². The fraction of sp³-hybridized carbons (Fsp3) is 0.571. The van der Waals surface area contributed by atoms with Gasteiger partial charge in [0.1, 0.15) is 17.7 Å². The van der Waals surface area contributed by atoms with Gasteiger partial charge in [-0.05, 0) is 37.8 Å². The first-order valence-corrected chi connectivity index (χ1v) is 6.96. The van der Waals surface area contributed by atoms with Crippen molar-refractivity contribution in [2.24, 2.45) is 0 Å². The first-order valence-electron chi connectivity index (χ1n) is 6.58. The minimum absolute atomic E-state index is 0.143. The van der Waals surface area contributed by atoms with Crippen molar-refractivity contribution in [3.05, 3.63) is 29.0 Å². The lowest BCUT2D eigenvalue weighted by Crippen LogP contribution is -2.51. The van der Waals surface area contributed by atoms with Crippen molar-refractivity contribution in [2.45, 2.75) is 50.3 Å². The Hall–Kier alpha value is -0.800. The molecule has 2 fully saturated rings. The monoisotopic (exact) mass is 269 g/mol. The van der Waals surface area contributed by atoms with Crippen molar-refractivity contribution in [1.29, 1.82) is 0 Å². The molecule has 3 atom stereocenters. The molecule has 2 aliphatic rings. The summed E-state index contributed by atoms with van der Waals surface area (Å²) in [7, 11) is 0. The van der Waals surface area contributed by atoms with Gasteiger partial charge >= 0.3 is 0 Å². The lowest BCUT2D eigenvalue weighted by molar-refractivity contribution is 0.0925. The van der Waals surface area contributed by atoms with Gasteiger partial charge in [-0.3, -0.25) is 0 Å². The highest BCUT2D eigenvalue weighted by atomic mass is 35.5. The molecule has 0 amide bonds. The number of ether oxygens (including phenoxy) is 1. The van der Waals surface area contributed by atoms with Crippen LogP contribution in [0.15, 0.2) is 18.2 Å². The van der Waals surface area contributed by atoms with Crippen LogP contribution < -0.4 is 10.1 Å². The maximum atomic E-state index is 13.3. The van der Waals surface area contributed by atoms with Gasteiger partial charge in [-0.15, -0.1) is 0 Å². The number of nitrogens with one attached hydrogen (secondary N) is 1. The first kappa shape index (κ1) is 12.2. The predicted molar refractivity (Wildman–Crippen MR) is 69.6 cm³/mol. The summed E-state index contributed by atoms with van der Waals surface area (Å²) < 4.78 is 19.2. The van der Waals surface area contributed by atoms with E-state index in [1.165, 1.54) is 25.3 Å². The highest BCUT2D eigenvalue weighted by molar-refractivity contribution is 6.30. The van der Waals surface area contributed by atoms with Crippen LogP contribution in [-0.4, -0.2) is 18.2 Å². The molecule has 4 heteroatoms. The molecule has 3 rings (SSSR count). The Morgan fingerprint density at radius 3 is 2.61 bits per heavy atom. The van der Waals surface area contributed by atoms with Crippen molar-refractivity contribution in [2.75, 3.05) is 0 Å². The van der Waals surface area contributed by atoms with E-state index in [0.717, 1.165) is 12.8 Å². The second-order valence-electron chi connectivity index (χ2n) is 5.28. The molecule has 2 heterocycles. The third-order valence-corrected chi connectivity index (χ3v) is 4.17. The average Bonchev–Trinajstić information content (AvgIpc) is 2.33. The summed E-state index contributed by atoms with van der Waals surface area (Å²) in [6, 6.07) is 5.80. The highest BCUT2D eigenvalue weighted by Gasteiger charge is 2.32. The Balaban J connectivity index is 1.67. The van der Waals surface area contributed by atoms with E-state index in [-0.39, 0.29) is 11.1 Å². The van der Waals surface area contributed by atoms with Gasteiger partial charge in [0.25, 0.3) is 0 Å². The molecule has 0 radical (unpaired) electrons. The summed E-state index contributed by atoms with van der Waals surface area (Å²) in [5, 5.41) is 3.76. The Labute approximate surface area is 111 Å². The van der Waals surface area contributed by atoms with Crippen molar-refractivity contribution in [3.63, 3.8) is 0 Å². The fourth-order valence-electron chi connectivity index (χ4n) is 3.05. The number of halogens is 2. The van der Waals surface area contributed by atoms with Crippen molar-refractivity contribution >= 4 is 11.6 Å². The van der Waals surface area contributed by atoms with E-state index in [9.17, 15) is 4.39 Å². The molecule has 1 aromatic carbocycles. The molecule has 98 valence electrons. The van der Waals surface area contributed by atoms with Crippen LogP contribution in [0.1, 0.15) is 32.1 Å². The van der Waals surface area contributed by atoms with Crippen molar-refractivity contribution in [1.82, 2.24) is 5.32 Å². The molecule has 1 aromatic rings. The summed E-state index contributed by atoms with van der Waals surface area (Å²) in [5.74, 6) is 0.171. The third-order valence-electron chi connectivity index (χ3n) is 3.87. The quantitative estimate of drug-likeness (QED) is 0.887. The summed E-state index contributed by atoms with van der Waals surface area (Å²) >= 11 is 5.66. The van der Waals surface area contributed by atoms with E-state index < -0.39 is 5.82 Å². The standard InChI is InChI=1S/C14H17ClFNO/c15-13-5-4-11(8-14(13)16)18-12-6-9-2-1-3-10(7-12)17-9/h4-5,8-10,12,17H,1-3,6-7H2/t9-,10+,12?. The van der Waals surface area contributed by atoms with E-state index in [4.69, 9.17) is 16.3 Å². The third kappa shape index (κ3) is 2.62. The second kappa shape index (κ2) is 5.06. The van der Waals surface area contributed by atoms with E-state index in [1.807, 2.05) is 0 Å². The van der Waals surface area contributed by atoms with Gasteiger partial charge < -0.3 is 10.1 Å². The average molecular weight is 270 g/mol. The number of rotatable bonds is 2. The van der Waals surface area contributed by atoms with Crippen LogP contribution in [0.2, 0.25) is 5.02 Å². The van der Waals surface area contributed by atoms with E-state index >= 15 is 0 Å². The lowest BCUT2D eigenvalue weighted by Gasteiger charge is -2.40.